The lowest BCUT2D eigenvalue weighted by Crippen LogP contribution is -2.20. The molecule has 0 unspecified atom stereocenters. The number of carbonyl (C=O) groups is 2. The molecular formula is C26H23N3O5. The minimum Gasteiger partial charge on any atom is -0.497 e. The van der Waals surface area contributed by atoms with Crippen LogP contribution in [-0.4, -0.2) is 32.6 Å². The Hall–Kier alpha value is -4.77. The molecule has 3 rings (SSSR count). The van der Waals surface area contributed by atoms with E-state index in [9.17, 15) is 14.9 Å². The Kier molecular flexibility index (Phi) is 8.25. The molecule has 0 saturated carbocycles. The molecule has 8 heteroatoms. The van der Waals surface area contributed by atoms with Crippen molar-refractivity contribution in [2.75, 3.05) is 31.5 Å². The molecule has 3 aromatic rings. The quantitative estimate of drug-likeness (QED) is 0.367. The summed E-state index contributed by atoms with van der Waals surface area (Å²) in [6.45, 7) is -0.173. The first-order chi connectivity index (χ1) is 16.5. The third-order valence-corrected chi connectivity index (χ3v) is 4.63. The van der Waals surface area contributed by atoms with Gasteiger partial charge in [0.15, 0.2) is 6.61 Å². The number of hydrogen-bond donors (Lipinski definition) is 2. The predicted molar refractivity (Wildman–Crippen MR) is 129 cm³/mol. The molecule has 8 nitrogen and oxygen atoms in total. The average molecular weight is 457 g/mol. The van der Waals surface area contributed by atoms with Gasteiger partial charge in [-0.15, -0.1) is 0 Å². The number of hydrogen-bond acceptors (Lipinski definition) is 6. The lowest BCUT2D eigenvalue weighted by molar-refractivity contribution is -0.118. The molecule has 172 valence electrons. The van der Waals surface area contributed by atoms with Crippen molar-refractivity contribution < 1.29 is 23.8 Å². The van der Waals surface area contributed by atoms with Gasteiger partial charge < -0.3 is 24.8 Å². The van der Waals surface area contributed by atoms with Crippen molar-refractivity contribution in [1.82, 2.24) is 0 Å². The number of methoxy groups -OCH3 is 2. The topological polar surface area (TPSA) is 110 Å². The van der Waals surface area contributed by atoms with E-state index >= 15 is 0 Å². The van der Waals surface area contributed by atoms with Crippen LogP contribution in [0.15, 0.2) is 78.4 Å². The number of ether oxygens (including phenoxy) is 3. The molecular weight excluding hydrogens is 434 g/mol. The molecule has 0 aliphatic rings. The molecule has 0 fully saturated rings. The molecule has 2 amide bonds. The van der Waals surface area contributed by atoms with Gasteiger partial charge in [-0.25, -0.2) is 0 Å². The number of amides is 2. The molecule has 2 N–H and O–H groups in total. The minimum atomic E-state index is -0.536. The van der Waals surface area contributed by atoms with Crippen LogP contribution in [0.4, 0.5) is 11.4 Å². The highest BCUT2D eigenvalue weighted by molar-refractivity contribution is 6.09. The third kappa shape index (κ3) is 6.87. The van der Waals surface area contributed by atoms with Gasteiger partial charge in [0.1, 0.15) is 28.9 Å². The SMILES string of the molecule is COc1ccc(NC(=O)COc2ccc(/C=C(\C#N)C(=O)Nc3cccc(OC)c3)cc2)cc1. The maximum absolute atomic E-state index is 12.5. The maximum Gasteiger partial charge on any atom is 0.266 e. The molecule has 0 aliphatic heterocycles. The van der Waals surface area contributed by atoms with Crippen LogP contribution in [0.1, 0.15) is 5.56 Å². The summed E-state index contributed by atoms with van der Waals surface area (Å²) in [5.41, 5.74) is 1.72. The number of nitriles is 1. The van der Waals surface area contributed by atoms with Crippen molar-refractivity contribution in [3.63, 3.8) is 0 Å². The van der Waals surface area contributed by atoms with E-state index in [4.69, 9.17) is 14.2 Å². The molecule has 0 spiro atoms. The molecule has 0 heterocycles. The summed E-state index contributed by atoms with van der Waals surface area (Å²) in [6, 6.07) is 22.4. The van der Waals surface area contributed by atoms with E-state index in [0.717, 1.165) is 0 Å². The smallest absolute Gasteiger partial charge is 0.266 e. The molecule has 0 atom stereocenters. The number of benzene rings is 3. The van der Waals surface area contributed by atoms with E-state index in [0.29, 0.717) is 34.2 Å². The lowest BCUT2D eigenvalue weighted by atomic mass is 10.1. The van der Waals surface area contributed by atoms with Gasteiger partial charge in [0, 0.05) is 17.4 Å². The van der Waals surface area contributed by atoms with E-state index < -0.39 is 5.91 Å². The van der Waals surface area contributed by atoms with Crippen LogP contribution in [0.5, 0.6) is 17.2 Å². The number of nitrogens with zero attached hydrogens (tertiary/aromatic N) is 1. The zero-order chi connectivity index (χ0) is 24.3. The van der Waals surface area contributed by atoms with Crippen LogP contribution >= 0.6 is 0 Å². The van der Waals surface area contributed by atoms with Gasteiger partial charge in [0.25, 0.3) is 11.8 Å². The highest BCUT2D eigenvalue weighted by Gasteiger charge is 2.10. The van der Waals surface area contributed by atoms with Crippen LogP contribution in [0.3, 0.4) is 0 Å². The third-order valence-electron chi connectivity index (χ3n) is 4.63. The normalized spacial score (nSPS) is 10.6. The fourth-order valence-electron chi connectivity index (χ4n) is 2.90. The van der Waals surface area contributed by atoms with Crippen LogP contribution in [0, 0.1) is 11.3 Å². The molecule has 0 aromatic heterocycles. The summed E-state index contributed by atoms with van der Waals surface area (Å²) in [5, 5.41) is 14.8. The average Bonchev–Trinajstić information content (AvgIpc) is 2.87. The summed E-state index contributed by atoms with van der Waals surface area (Å²) < 4.78 is 15.7. The molecule has 0 aliphatic carbocycles. The molecule has 0 saturated heterocycles. The fraction of sp³-hybridized carbons (Fsp3) is 0.115. The van der Waals surface area contributed by atoms with Crippen molar-refractivity contribution in [3.05, 3.63) is 83.9 Å². The van der Waals surface area contributed by atoms with Crippen molar-refractivity contribution in [3.8, 4) is 23.3 Å². The van der Waals surface area contributed by atoms with Crippen molar-refractivity contribution in [2.45, 2.75) is 0 Å². The molecule has 3 aromatic carbocycles. The first-order valence-electron chi connectivity index (χ1n) is 10.2. The Labute approximate surface area is 197 Å². The number of anilines is 2. The van der Waals surface area contributed by atoms with E-state index in [-0.39, 0.29) is 18.1 Å². The van der Waals surface area contributed by atoms with Crippen LogP contribution in [0.2, 0.25) is 0 Å². The zero-order valence-electron chi connectivity index (χ0n) is 18.7. The molecule has 0 radical (unpaired) electrons. The Bertz CT molecular complexity index is 1210. The summed E-state index contributed by atoms with van der Waals surface area (Å²) in [6.07, 6.45) is 1.47. The Morgan fingerprint density at radius 2 is 1.53 bits per heavy atom. The van der Waals surface area contributed by atoms with Crippen molar-refractivity contribution in [2.24, 2.45) is 0 Å². The number of nitrogens with one attached hydrogen (secondary N) is 2. The highest BCUT2D eigenvalue weighted by atomic mass is 16.5. The van der Waals surface area contributed by atoms with E-state index in [2.05, 4.69) is 10.6 Å². The zero-order valence-corrected chi connectivity index (χ0v) is 18.7. The summed E-state index contributed by atoms with van der Waals surface area (Å²) in [5.74, 6) is 0.914. The van der Waals surface area contributed by atoms with Crippen LogP contribution in [-0.2, 0) is 9.59 Å². The van der Waals surface area contributed by atoms with Gasteiger partial charge in [-0.05, 0) is 60.2 Å². The maximum atomic E-state index is 12.5. The van der Waals surface area contributed by atoms with Gasteiger partial charge in [-0.3, -0.25) is 9.59 Å². The Morgan fingerprint density at radius 3 is 2.18 bits per heavy atom. The van der Waals surface area contributed by atoms with Crippen LogP contribution in [0.25, 0.3) is 6.08 Å². The first-order valence-corrected chi connectivity index (χ1v) is 10.2. The largest absolute Gasteiger partial charge is 0.497 e. The second-order valence-electron chi connectivity index (χ2n) is 6.99. The van der Waals surface area contributed by atoms with Gasteiger partial charge >= 0.3 is 0 Å². The van der Waals surface area contributed by atoms with Crippen LogP contribution < -0.4 is 24.8 Å². The standard InChI is InChI=1S/C26H23N3O5/c1-32-22-12-8-20(9-13-22)28-25(30)17-34-23-10-6-18(7-11-23)14-19(16-27)26(31)29-21-4-3-5-24(15-21)33-2/h3-15H,17H2,1-2H3,(H,28,30)(H,29,31)/b19-14+. The van der Waals surface area contributed by atoms with E-state index in [1.54, 1.807) is 79.9 Å². The first kappa shape index (κ1) is 23.9. The Balaban J connectivity index is 1.56. The van der Waals surface area contributed by atoms with E-state index in [1.165, 1.54) is 13.2 Å². The lowest BCUT2D eigenvalue weighted by Gasteiger charge is -2.08. The minimum absolute atomic E-state index is 0.0599. The van der Waals surface area contributed by atoms with Gasteiger partial charge in [-0.2, -0.15) is 5.26 Å². The summed E-state index contributed by atoms with van der Waals surface area (Å²) in [7, 11) is 3.10. The van der Waals surface area contributed by atoms with Gasteiger partial charge in [0.05, 0.1) is 14.2 Å². The van der Waals surface area contributed by atoms with E-state index in [1.807, 2.05) is 6.07 Å². The number of carbonyl (C=O) groups excluding carboxylic acids is 2. The van der Waals surface area contributed by atoms with Gasteiger partial charge in [-0.1, -0.05) is 18.2 Å². The molecule has 34 heavy (non-hydrogen) atoms. The number of rotatable bonds is 9. The fourth-order valence-corrected chi connectivity index (χ4v) is 2.90. The van der Waals surface area contributed by atoms with Gasteiger partial charge in [0.2, 0.25) is 0 Å². The monoisotopic (exact) mass is 457 g/mol. The summed E-state index contributed by atoms with van der Waals surface area (Å²) in [4.78, 5) is 24.6. The Morgan fingerprint density at radius 1 is 0.853 bits per heavy atom. The highest BCUT2D eigenvalue weighted by Crippen LogP contribution is 2.19. The van der Waals surface area contributed by atoms with Crippen molar-refractivity contribution in [1.29, 1.82) is 5.26 Å². The molecule has 0 bridgehead atoms. The second-order valence-corrected chi connectivity index (χ2v) is 6.99. The predicted octanol–water partition coefficient (Wildman–Crippen LogP) is 4.27. The second kappa shape index (κ2) is 11.7. The summed E-state index contributed by atoms with van der Waals surface area (Å²) >= 11 is 0. The van der Waals surface area contributed by atoms with Crippen molar-refractivity contribution >= 4 is 29.3 Å².